The molecule has 7 heteroatoms. The van der Waals surface area contributed by atoms with E-state index in [1.807, 2.05) is 0 Å². The molecule has 0 aliphatic carbocycles. The van der Waals surface area contributed by atoms with Crippen LogP contribution < -0.4 is 11.5 Å². The smallest absolute Gasteiger partial charge is 0.398 e. The summed E-state index contributed by atoms with van der Waals surface area (Å²) in [6.45, 7) is 0. The molecule has 0 radical (unpaired) electrons. The lowest BCUT2D eigenvalue weighted by Crippen LogP contribution is -2.05. The second kappa shape index (κ2) is 5.00. The molecule has 1 heterocycles. The van der Waals surface area contributed by atoms with Crippen molar-refractivity contribution in [2.24, 2.45) is 0 Å². The van der Waals surface area contributed by atoms with Crippen LogP contribution in [0.1, 0.15) is 5.56 Å². The first-order valence-electron chi connectivity index (χ1n) is 5.23. The SMILES string of the molecule is Nc1cc(C(F)(F)F)ccc1Sc1ncccc1N. The molecule has 0 bridgehead atoms. The van der Waals surface area contributed by atoms with E-state index in [1.165, 1.54) is 6.07 Å². The van der Waals surface area contributed by atoms with E-state index >= 15 is 0 Å². The summed E-state index contributed by atoms with van der Waals surface area (Å²) >= 11 is 1.13. The zero-order chi connectivity index (χ0) is 14.0. The summed E-state index contributed by atoms with van der Waals surface area (Å²) in [7, 11) is 0. The van der Waals surface area contributed by atoms with Crippen molar-refractivity contribution in [3.8, 4) is 0 Å². The summed E-state index contributed by atoms with van der Waals surface area (Å²) in [6.07, 6.45) is -2.85. The molecule has 0 fully saturated rings. The predicted molar refractivity (Wildman–Crippen MR) is 68.6 cm³/mol. The maximum Gasteiger partial charge on any atom is 0.416 e. The van der Waals surface area contributed by atoms with E-state index in [-0.39, 0.29) is 5.69 Å². The van der Waals surface area contributed by atoms with Crippen LogP contribution in [0.5, 0.6) is 0 Å². The molecule has 0 aliphatic rings. The van der Waals surface area contributed by atoms with E-state index in [0.717, 1.165) is 23.9 Å². The van der Waals surface area contributed by atoms with Gasteiger partial charge in [-0.25, -0.2) is 4.98 Å². The molecule has 0 unspecified atom stereocenters. The molecule has 0 amide bonds. The van der Waals surface area contributed by atoms with Crippen molar-refractivity contribution in [3.05, 3.63) is 42.1 Å². The third-order valence-corrected chi connectivity index (χ3v) is 3.47. The van der Waals surface area contributed by atoms with Gasteiger partial charge in [-0.1, -0.05) is 11.8 Å². The van der Waals surface area contributed by atoms with E-state index in [4.69, 9.17) is 11.5 Å². The van der Waals surface area contributed by atoms with Crippen LogP contribution in [0.2, 0.25) is 0 Å². The third kappa shape index (κ3) is 3.11. The minimum atomic E-state index is -4.40. The minimum absolute atomic E-state index is 0.0462. The number of aromatic nitrogens is 1. The number of nitrogens with two attached hydrogens (primary N) is 2. The summed E-state index contributed by atoms with van der Waals surface area (Å²) in [5.41, 5.74) is 11.1. The van der Waals surface area contributed by atoms with Crippen molar-refractivity contribution in [3.63, 3.8) is 0 Å². The molecule has 19 heavy (non-hydrogen) atoms. The Kier molecular flexibility index (Phi) is 3.57. The van der Waals surface area contributed by atoms with Gasteiger partial charge in [-0.3, -0.25) is 0 Å². The van der Waals surface area contributed by atoms with Gasteiger partial charge in [0.25, 0.3) is 0 Å². The van der Waals surface area contributed by atoms with Crippen LogP contribution in [-0.4, -0.2) is 4.98 Å². The molecule has 2 rings (SSSR count). The Balaban J connectivity index is 2.30. The van der Waals surface area contributed by atoms with Gasteiger partial charge in [0.2, 0.25) is 0 Å². The molecule has 2 aromatic rings. The van der Waals surface area contributed by atoms with Crippen LogP contribution in [0.15, 0.2) is 46.5 Å². The van der Waals surface area contributed by atoms with Gasteiger partial charge in [0, 0.05) is 16.8 Å². The summed E-state index contributed by atoms with van der Waals surface area (Å²) in [6, 6.07) is 6.54. The van der Waals surface area contributed by atoms with Crippen molar-refractivity contribution in [2.75, 3.05) is 11.5 Å². The van der Waals surface area contributed by atoms with E-state index in [1.54, 1.807) is 18.3 Å². The van der Waals surface area contributed by atoms with Gasteiger partial charge < -0.3 is 11.5 Å². The quantitative estimate of drug-likeness (QED) is 0.830. The Morgan fingerprint density at radius 3 is 2.37 bits per heavy atom. The van der Waals surface area contributed by atoms with Crippen LogP contribution in [0.25, 0.3) is 0 Å². The number of hydrogen-bond acceptors (Lipinski definition) is 4. The number of anilines is 2. The largest absolute Gasteiger partial charge is 0.416 e. The fraction of sp³-hybridized carbons (Fsp3) is 0.0833. The van der Waals surface area contributed by atoms with Gasteiger partial charge in [0.15, 0.2) is 0 Å². The van der Waals surface area contributed by atoms with E-state index in [0.29, 0.717) is 15.6 Å². The van der Waals surface area contributed by atoms with Crippen molar-refractivity contribution >= 4 is 23.1 Å². The Morgan fingerprint density at radius 2 is 1.79 bits per heavy atom. The first-order valence-corrected chi connectivity index (χ1v) is 6.04. The Bertz CT molecular complexity index is 599. The number of halogens is 3. The summed E-state index contributed by atoms with van der Waals surface area (Å²) in [4.78, 5) is 4.53. The van der Waals surface area contributed by atoms with Crippen molar-refractivity contribution in [1.82, 2.24) is 4.98 Å². The molecule has 3 nitrogen and oxygen atoms in total. The molecule has 0 atom stereocenters. The van der Waals surface area contributed by atoms with E-state index in [9.17, 15) is 13.2 Å². The highest BCUT2D eigenvalue weighted by atomic mass is 32.2. The van der Waals surface area contributed by atoms with E-state index < -0.39 is 11.7 Å². The number of benzene rings is 1. The van der Waals surface area contributed by atoms with E-state index in [2.05, 4.69) is 4.98 Å². The molecule has 0 saturated carbocycles. The first-order chi connectivity index (χ1) is 8.88. The maximum atomic E-state index is 12.5. The van der Waals surface area contributed by atoms with Gasteiger partial charge in [-0.15, -0.1) is 0 Å². The number of pyridine rings is 1. The van der Waals surface area contributed by atoms with Crippen LogP contribution in [-0.2, 0) is 6.18 Å². The highest BCUT2D eigenvalue weighted by Crippen LogP contribution is 2.37. The summed E-state index contributed by atoms with van der Waals surface area (Å²) in [5, 5.41) is 0.508. The molecule has 0 aliphatic heterocycles. The molecule has 4 N–H and O–H groups in total. The minimum Gasteiger partial charge on any atom is -0.398 e. The maximum absolute atomic E-state index is 12.5. The average molecular weight is 285 g/mol. The van der Waals surface area contributed by atoms with Gasteiger partial charge in [0.1, 0.15) is 5.03 Å². The Labute approximate surface area is 111 Å². The van der Waals surface area contributed by atoms with Crippen LogP contribution >= 0.6 is 11.8 Å². The highest BCUT2D eigenvalue weighted by Gasteiger charge is 2.30. The molecule has 0 saturated heterocycles. The summed E-state index contributed by atoms with van der Waals surface area (Å²) < 4.78 is 37.5. The zero-order valence-corrected chi connectivity index (χ0v) is 10.4. The first kappa shape index (κ1) is 13.5. The van der Waals surface area contributed by atoms with Crippen LogP contribution in [0.3, 0.4) is 0 Å². The average Bonchev–Trinajstić information content (AvgIpc) is 2.33. The highest BCUT2D eigenvalue weighted by molar-refractivity contribution is 7.99. The molecule has 1 aromatic carbocycles. The monoisotopic (exact) mass is 285 g/mol. The Hall–Kier alpha value is -1.89. The van der Waals surface area contributed by atoms with Gasteiger partial charge >= 0.3 is 6.18 Å². The normalized spacial score (nSPS) is 11.5. The van der Waals surface area contributed by atoms with Crippen molar-refractivity contribution in [1.29, 1.82) is 0 Å². The standard InChI is InChI=1S/C12H10F3N3S/c13-12(14,15)7-3-4-10(9(17)6-7)19-11-8(16)2-1-5-18-11/h1-6H,16-17H2. The molecular weight excluding hydrogens is 275 g/mol. The topological polar surface area (TPSA) is 64.9 Å². The van der Waals surface area contributed by atoms with Crippen molar-refractivity contribution in [2.45, 2.75) is 16.1 Å². The lowest BCUT2D eigenvalue weighted by Gasteiger charge is -2.10. The predicted octanol–water partition coefficient (Wildman–Crippen LogP) is 3.42. The molecule has 1 aromatic heterocycles. The molecular formula is C12H10F3N3S. The lowest BCUT2D eigenvalue weighted by atomic mass is 10.2. The zero-order valence-electron chi connectivity index (χ0n) is 9.61. The number of nitrogen functional groups attached to an aromatic ring is 2. The summed E-state index contributed by atoms with van der Waals surface area (Å²) in [5.74, 6) is 0. The fourth-order valence-corrected chi connectivity index (χ4v) is 2.23. The van der Waals surface area contributed by atoms with Gasteiger partial charge in [0.05, 0.1) is 11.3 Å². The number of hydrogen-bond donors (Lipinski definition) is 2. The fourth-order valence-electron chi connectivity index (χ4n) is 1.41. The molecule has 100 valence electrons. The van der Waals surface area contributed by atoms with Crippen LogP contribution in [0.4, 0.5) is 24.5 Å². The molecule has 0 spiro atoms. The van der Waals surface area contributed by atoms with Gasteiger partial charge in [-0.05, 0) is 30.3 Å². The Morgan fingerprint density at radius 1 is 1.05 bits per heavy atom. The second-order valence-electron chi connectivity index (χ2n) is 3.75. The van der Waals surface area contributed by atoms with Gasteiger partial charge in [-0.2, -0.15) is 13.2 Å². The number of alkyl halides is 3. The lowest BCUT2D eigenvalue weighted by molar-refractivity contribution is -0.137. The third-order valence-electron chi connectivity index (χ3n) is 2.34. The number of nitrogens with zero attached hydrogens (tertiary/aromatic N) is 1. The number of rotatable bonds is 2. The van der Waals surface area contributed by atoms with Crippen LogP contribution in [0, 0.1) is 0 Å². The second-order valence-corrected chi connectivity index (χ2v) is 4.78. The van der Waals surface area contributed by atoms with Crippen molar-refractivity contribution < 1.29 is 13.2 Å².